The van der Waals surface area contributed by atoms with Crippen LogP contribution in [0.1, 0.15) is 55.5 Å². The summed E-state index contributed by atoms with van der Waals surface area (Å²) in [6.07, 6.45) is 4.59. The van der Waals surface area contributed by atoms with Crippen molar-refractivity contribution < 1.29 is 14.3 Å². The van der Waals surface area contributed by atoms with Gasteiger partial charge in [-0.15, -0.1) is 0 Å². The lowest BCUT2D eigenvalue weighted by atomic mass is 9.75. The summed E-state index contributed by atoms with van der Waals surface area (Å²) in [5, 5.41) is 12.3. The van der Waals surface area contributed by atoms with E-state index >= 15 is 0 Å². The molecule has 0 spiro atoms. The van der Waals surface area contributed by atoms with Crippen LogP contribution < -0.4 is 5.32 Å². The van der Waals surface area contributed by atoms with Crippen LogP contribution in [0.2, 0.25) is 0 Å². The van der Waals surface area contributed by atoms with Crippen molar-refractivity contribution in [2.75, 3.05) is 0 Å². The summed E-state index contributed by atoms with van der Waals surface area (Å²) >= 11 is 0. The number of nitrogens with one attached hydrogen (secondary N) is 1. The van der Waals surface area contributed by atoms with Gasteiger partial charge in [0.05, 0.1) is 5.56 Å². The van der Waals surface area contributed by atoms with Gasteiger partial charge in [0.1, 0.15) is 5.82 Å². The molecule has 1 aliphatic rings. The number of benzene rings is 1. The van der Waals surface area contributed by atoms with Gasteiger partial charge in [0, 0.05) is 18.2 Å². The summed E-state index contributed by atoms with van der Waals surface area (Å²) in [4.78, 5) is 10.9. The van der Waals surface area contributed by atoms with E-state index in [0.717, 1.165) is 12.8 Å². The average molecular weight is 279 g/mol. The Balaban J connectivity index is 2.00. The average Bonchev–Trinajstić information content (AvgIpc) is 2.36. The van der Waals surface area contributed by atoms with E-state index in [1.165, 1.54) is 31.0 Å². The molecule has 20 heavy (non-hydrogen) atoms. The van der Waals surface area contributed by atoms with Gasteiger partial charge in [0.2, 0.25) is 0 Å². The molecule has 3 nitrogen and oxygen atoms in total. The standard InChI is InChI=1S/C16H22FNO2/c1-16(2)7-3-4-13(9-16)18-10-12-8-11(15(19)20)5-6-14(12)17/h5-6,8,13,18H,3-4,7,9-10H2,1-2H3,(H,19,20). The highest BCUT2D eigenvalue weighted by Gasteiger charge is 2.27. The summed E-state index contributed by atoms with van der Waals surface area (Å²) in [5.74, 6) is -1.37. The summed E-state index contributed by atoms with van der Waals surface area (Å²) < 4.78 is 13.7. The molecule has 0 aromatic heterocycles. The lowest BCUT2D eigenvalue weighted by Crippen LogP contribution is -2.37. The van der Waals surface area contributed by atoms with Gasteiger partial charge in [0.25, 0.3) is 0 Å². The monoisotopic (exact) mass is 279 g/mol. The molecule has 4 heteroatoms. The van der Waals surface area contributed by atoms with Gasteiger partial charge < -0.3 is 10.4 Å². The fourth-order valence-electron chi connectivity index (χ4n) is 2.97. The molecule has 1 fully saturated rings. The van der Waals surface area contributed by atoms with E-state index in [4.69, 9.17) is 5.11 Å². The third-order valence-electron chi connectivity index (χ3n) is 4.08. The minimum atomic E-state index is -1.02. The highest BCUT2D eigenvalue weighted by molar-refractivity contribution is 5.87. The molecular weight excluding hydrogens is 257 g/mol. The molecule has 1 aromatic carbocycles. The summed E-state index contributed by atoms with van der Waals surface area (Å²) in [7, 11) is 0. The second kappa shape index (κ2) is 5.92. The summed E-state index contributed by atoms with van der Waals surface area (Å²) in [5.41, 5.74) is 0.887. The Hall–Kier alpha value is -1.42. The molecule has 2 N–H and O–H groups in total. The lowest BCUT2D eigenvalue weighted by Gasteiger charge is -2.35. The van der Waals surface area contributed by atoms with E-state index in [9.17, 15) is 9.18 Å². The molecule has 1 aliphatic carbocycles. The first-order valence-electron chi connectivity index (χ1n) is 7.12. The van der Waals surface area contributed by atoms with Crippen molar-refractivity contribution in [3.8, 4) is 0 Å². The predicted octanol–water partition coefficient (Wildman–Crippen LogP) is 3.58. The number of carboxylic acids is 1. The number of carbonyl (C=O) groups is 1. The second-order valence-corrected chi connectivity index (χ2v) is 6.45. The van der Waals surface area contributed by atoms with Crippen LogP contribution >= 0.6 is 0 Å². The number of carboxylic acid groups (broad SMARTS) is 1. The van der Waals surface area contributed by atoms with Crippen molar-refractivity contribution in [2.24, 2.45) is 5.41 Å². The maximum atomic E-state index is 13.7. The number of aromatic carboxylic acids is 1. The Morgan fingerprint density at radius 3 is 2.90 bits per heavy atom. The van der Waals surface area contributed by atoms with Gasteiger partial charge >= 0.3 is 5.97 Å². The molecule has 1 saturated carbocycles. The first-order valence-corrected chi connectivity index (χ1v) is 7.12. The van der Waals surface area contributed by atoms with Crippen LogP contribution in [0, 0.1) is 11.2 Å². The molecule has 0 bridgehead atoms. The number of rotatable bonds is 4. The van der Waals surface area contributed by atoms with Gasteiger partial charge in [0.15, 0.2) is 0 Å². The molecule has 2 rings (SSSR count). The fourth-order valence-corrected chi connectivity index (χ4v) is 2.97. The highest BCUT2D eigenvalue weighted by Crippen LogP contribution is 2.35. The zero-order chi connectivity index (χ0) is 14.8. The third kappa shape index (κ3) is 3.79. The van der Waals surface area contributed by atoms with Crippen molar-refractivity contribution in [1.29, 1.82) is 0 Å². The normalized spacial score (nSPS) is 21.6. The molecule has 1 aromatic rings. The van der Waals surface area contributed by atoms with Gasteiger partial charge in [-0.3, -0.25) is 0 Å². The van der Waals surface area contributed by atoms with E-state index in [2.05, 4.69) is 19.2 Å². The maximum absolute atomic E-state index is 13.7. The quantitative estimate of drug-likeness (QED) is 0.885. The van der Waals surface area contributed by atoms with E-state index in [-0.39, 0.29) is 11.4 Å². The molecule has 0 heterocycles. The van der Waals surface area contributed by atoms with Crippen molar-refractivity contribution in [2.45, 2.75) is 52.1 Å². The summed E-state index contributed by atoms with van der Waals surface area (Å²) in [6, 6.07) is 4.32. The van der Waals surface area contributed by atoms with Crippen LogP contribution in [0.3, 0.4) is 0 Å². The number of hydrogen-bond acceptors (Lipinski definition) is 2. The van der Waals surface area contributed by atoms with E-state index < -0.39 is 5.97 Å². The van der Waals surface area contributed by atoms with Gasteiger partial charge in [-0.25, -0.2) is 9.18 Å². The van der Waals surface area contributed by atoms with Crippen LogP contribution in [-0.2, 0) is 6.54 Å². The smallest absolute Gasteiger partial charge is 0.335 e. The SMILES string of the molecule is CC1(C)CCCC(NCc2cc(C(=O)O)ccc2F)C1. The Labute approximate surface area is 119 Å². The summed E-state index contributed by atoms with van der Waals surface area (Å²) in [6.45, 7) is 4.90. The fraction of sp³-hybridized carbons (Fsp3) is 0.562. The largest absolute Gasteiger partial charge is 0.478 e. The molecule has 0 aliphatic heterocycles. The Kier molecular flexibility index (Phi) is 4.43. The van der Waals surface area contributed by atoms with Gasteiger partial charge in [-0.1, -0.05) is 20.3 Å². The zero-order valence-corrected chi connectivity index (χ0v) is 12.1. The van der Waals surface area contributed by atoms with Crippen molar-refractivity contribution in [3.63, 3.8) is 0 Å². The van der Waals surface area contributed by atoms with Crippen LogP contribution in [0.5, 0.6) is 0 Å². The Bertz CT molecular complexity index is 499. The topological polar surface area (TPSA) is 49.3 Å². The van der Waals surface area contributed by atoms with Crippen molar-refractivity contribution in [1.82, 2.24) is 5.32 Å². The molecule has 110 valence electrons. The number of hydrogen-bond donors (Lipinski definition) is 2. The number of halogens is 1. The van der Waals surface area contributed by atoms with Crippen LogP contribution in [0.25, 0.3) is 0 Å². The van der Waals surface area contributed by atoms with Crippen LogP contribution in [0.15, 0.2) is 18.2 Å². The highest BCUT2D eigenvalue weighted by atomic mass is 19.1. The third-order valence-corrected chi connectivity index (χ3v) is 4.08. The van der Waals surface area contributed by atoms with Gasteiger partial charge in [-0.05, 0) is 42.9 Å². The first kappa shape index (κ1) is 15.0. The molecule has 0 saturated heterocycles. The minimum absolute atomic E-state index is 0.132. The van der Waals surface area contributed by atoms with Crippen molar-refractivity contribution >= 4 is 5.97 Å². The lowest BCUT2D eigenvalue weighted by molar-refractivity contribution is 0.0696. The molecule has 0 radical (unpaired) electrons. The molecule has 1 atom stereocenters. The Morgan fingerprint density at radius 2 is 2.25 bits per heavy atom. The van der Waals surface area contributed by atoms with E-state index in [1.54, 1.807) is 0 Å². The van der Waals surface area contributed by atoms with Crippen molar-refractivity contribution in [3.05, 3.63) is 35.1 Å². The maximum Gasteiger partial charge on any atom is 0.335 e. The predicted molar refractivity (Wildman–Crippen MR) is 76.2 cm³/mol. The van der Waals surface area contributed by atoms with Crippen LogP contribution in [0.4, 0.5) is 4.39 Å². The van der Waals surface area contributed by atoms with Gasteiger partial charge in [-0.2, -0.15) is 0 Å². The molecule has 0 amide bonds. The van der Waals surface area contributed by atoms with Crippen LogP contribution in [-0.4, -0.2) is 17.1 Å². The zero-order valence-electron chi connectivity index (χ0n) is 12.1. The Morgan fingerprint density at radius 1 is 1.50 bits per heavy atom. The van der Waals surface area contributed by atoms with E-state index in [0.29, 0.717) is 23.6 Å². The minimum Gasteiger partial charge on any atom is -0.478 e. The van der Waals surface area contributed by atoms with E-state index in [1.807, 2.05) is 0 Å². The molecular formula is C16H22FNO2. The second-order valence-electron chi connectivity index (χ2n) is 6.45. The molecule has 1 unspecified atom stereocenters. The first-order chi connectivity index (χ1) is 9.37.